The predicted octanol–water partition coefficient (Wildman–Crippen LogP) is 3.96. The van der Waals surface area contributed by atoms with E-state index in [0.717, 1.165) is 17.0 Å². The van der Waals surface area contributed by atoms with E-state index in [1.54, 1.807) is 10.6 Å². The Morgan fingerprint density at radius 1 is 0.969 bits per heavy atom. The number of hydrogen-bond acceptors (Lipinski definition) is 6. The standard InChI is InChI=1S/C25H27N5O2/c1-16-9-10-23(17(2)13-16)32-12-11-26-24-14-20(27-18(3)28-24)15-30-19(4)29-22-8-6-5-7-21(22)25(30)31/h5-10,13-14H,11-12,15H2,1-4H3,(H,26,27,28). The summed E-state index contributed by atoms with van der Waals surface area (Å²) in [5, 5.41) is 3.90. The summed E-state index contributed by atoms with van der Waals surface area (Å²) in [5.41, 5.74) is 3.72. The quantitative estimate of drug-likeness (QED) is 0.448. The Bertz CT molecular complexity index is 1330. The molecule has 32 heavy (non-hydrogen) atoms. The maximum atomic E-state index is 13.0. The lowest BCUT2D eigenvalue weighted by Gasteiger charge is -2.13. The molecule has 1 N–H and O–H groups in total. The highest BCUT2D eigenvalue weighted by atomic mass is 16.5. The van der Waals surface area contributed by atoms with Gasteiger partial charge in [0, 0.05) is 6.07 Å². The van der Waals surface area contributed by atoms with Gasteiger partial charge in [-0.15, -0.1) is 0 Å². The van der Waals surface area contributed by atoms with Gasteiger partial charge in [0.05, 0.1) is 29.7 Å². The van der Waals surface area contributed by atoms with Gasteiger partial charge >= 0.3 is 0 Å². The number of nitrogens with one attached hydrogen (secondary N) is 1. The van der Waals surface area contributed by atoms with Crippen molar-refractivity contribution >= 4 is 16.7 Å². The van der Waals surface area contributed by atoms with E-state index in [9.17, 15) is 4.79 Å². The van der Waals surface area contributed by atoms with E-state index in [2.05, 4.69) is 33.3 Å². The summed E-state index contributed by atoms with van der Waals surface area (Å²) in [5.74, 6) is 2.88. The summed E-state index contributed by atoms with van der Waals surface area (Å²) in [6.07, 6.45) is 0. The summed E-state index contributed by atoms with van der Waals surface area (Å²) in [4.78, 5) is 26.5. The molecular weight excluding hydrogens is 402 g/mol. The van der Waals surface area contributed by atoms with Gasteiger partial charge in [0.2, 0.25) is 0 Å². The van der Waals surface area contributed by atoms with Gasteiger partial charge in [0.1, 0.15) is 29.8 Å². The number of rotatable bonds is 7. The van der Waals surface area contributed by atoms with E-state index >= 15 is 0 Å². The van der Waals surface area contributed by atoms with Crippen LogP contribution in [0.4, 0.5) is 5.82 Å². The second-order valence-electron chi connectivity index (χ2n) is 7.90. The van der Waals surface area contributed by atoms with Crippen LogP contribution in [0, 0.1) is 27.7 Å². The number of aryl methyl sites for hydroxylation is 4. The number of anilines is 1. The minimum Gasteiger partial charge on any atom is -0.491 e. The molecule has 2 heterocycles. The second-order valence-corrected chi connectivity index (χ2v) is 7.90. The lowest BCUT2D eigenvalue weighted by Crippen LogP contribution is -2.25. The minimum atomic E-state index is -0.0688. The fraction of sp³-hybridized carbons (Fsp3) is 0.280. The highest BCUT2D eigenvalue weighted by molar-refractivity contribution is 5.77. The van der Waals surface area contributed by atoms with Crippen molar-refractivity contribution in [2.24, 2.45) is 0 Å². The van der Waals surface area contributed by atoms with Crippen LogP contribution >= 0.6 is 0 Å². The van der Waals surface area contributed by atoms with Crippen molar-refractivity contribution in [3.8, 4) is 5.75 Å². The number of aromatic nitrogens is 4. The Balaban J connectivity index is 1.46. The van der Waals surface area contributed by atoms with E-state index in [1.807, 2.05) is 57.2 Å². The average Bonchev–Trinajstić information content (AvgIpc) is 2.75. The predicted molar refractivity (Wildman–Crippen MR) is 127 cm³/mol. The molecule has 0 amide bonds. The summed E-state index contributed by atoms with van der Waals surface area (Å²) in [7, 11) is 0. The molecule has 0 atom stereocenters. The van der Waals surface area contributed by atoms with Crippen molar-refractivity contribution in [1.29, 1.82) is 0 Å². The first-order valence-electron chi connectivity index (χ1n) is 10.7. The Morgan fingerprint density at radius 2 is 1.78 bits per heavy atom. The van der Waals surface area contributed by atoms with Gasteiger partial charge in [-0.3, -0.25) is 9.36 Å². The molecule has 0 fully saturated rings. The van der Waals surface area contributed by atoms with Gasteiger partial charge in [0.25, 0.3) is 5.56 Å². The first-order valence-corrected chi connectivity index (χ1v) is 10.7. The van der Waals surface area contributed by atoms with Crippen LogP contribution in [-0.2, 0) is 6.54 Å². The molecule has 7 heteroatoms. The summed E-state index contributed by atoms with van der Waals surface area (Å²) in [6, 6.07) is 15.4. The Morgan fingerprint density at radius 3 is 2.59 bits per heavy atom. The van der Waals surface area contributed by atoms with Crippen LogP contribution in [0.15, 0.2) is 53.3 Å². The van der Waals surface area contributed by atoms with Gasteiger partial charge < -0.3 is 10.1 Å². The molecule has 0 aliphatic rings. The normalized spacial score (nSPS) is 11.0. The minimum absolute atomic E-state index is 0.0688. The highest BCUT2D eigenvalue weighted by Crippen LogP contribution is 2.18. The zero-order valence-electron chi connectivity index (χ0n) is 18.8. The number of ether oxygens (including phenoxy) is 1. The fourth-order valence-electron chi connectivity index (χ4n) is 3.73. The zero-order chi connectivity index (χ0) is 22.7. The fourth-order valence-corrected chi connectivity index (χ4v) is 3.73. The summed E-state index contributed by atoms with van der Waals surface area (Å²) < 4.78 is 7.53. The van der Waals surface area contributed by atoms with Gasteiger partial charge in [-0.25, -0.2) is 15.0 Å². The molecule has 0 unspecified atom stereocenters. The average molecular weight is 430 g/mol. The summed E-state index contributed by atoms with van der Waals surface area (Å²) >= 11 is 0. The van der Waals surface area contributed by atoms with Crippen LogP contribution in [0.5, 0.6) is 5.75 Å². The van der Waals surface area contributed by atoms with E-state index in [1.165, 1.54) is 5.56 Å². The topological polar surface area (TPSA) is 81.9 Å². The monoisotopic (exact) mass is 429 g/mol. The molecule has 164 valence electrons. The molecule has 0 saturated carbocycles. The van der Waals surface area contributed by atoms with Crippen molar-refractivity contribution in [3.05, 3.63) is 87.4 Å². The highest BCUT2D eigenvalue weighted by Gasteiger charge is 2.10. The van der Waals surface area contributed by atoms with E-state index in [0.29, 0.717) is 48.1 Å². The van der Waals surface area contributed by atoms with Crippen molar-refractivity contribution < 1.29 is 4.74 Å². The molecule has 0 bridgehead atoms. The van der Waals surface area contributed by atoms with Crippen LogP contribution in [-0.4, -0.2) is 32.7 Å². The third-order valence-electron chi connectivity index (χ3n) is 5.26. The molecule has 7 nitrogen and oxygen atoms in total. The molecule has 0 radical (unpaired) electrons. The van der Waals surface area contributed by atoms with Crippen LogP contribution in [0.2, 0.25) is 0 Å². The Hall–Kier alpha value is -3.74. The van der Waals surface area contributed by atoms with Crippen molar-refractivity contribution in [2.45, 2.75) is 34.2 Å². The molecule has 0 spiro atoms. The van der Waals surface area contributed by atoms with E-state index in [4.69, 9.17) is 4.74 Å². The zero-order valence-corrected chi connectivity index (χ0v) is 18.8. The van der Waals surface area contributed by atoms with Crippen molar-refractivity contribution in [2.75, 3.05) is 18.5 Å². The molecule has 2 aromatic carbocycles. The van der Waals surface area contributed by atoms with E-state index in [-0.39, 0.29) is 5.56 Å². The Labute approximate surface area is 187 Å². The number of hydrogen-bond donors (Lipinski definition) is 1. The molecule has 4 rings (SSSR count). The second kappa shape index (κ2) is 9.18. The van der Waals surface area contributed by atoms with Crippen LogP contribution < -0.4 is 15.6 Å². The largest absolute Gasteiger partial charge is 0.491 e. The number of benzene rings is 2. The molecule has 0 aliphatic heterocycles. The smallest absolute Gasteiger partial charge is 0.261 e. The molecular formula is C25H27N5O2. The SMILES string of the molecule is Cc1ccc(OCCNc2cc(Cn3c(C)nc4ccccc4c3=O)nc(C)n2)c(C)c1. The molecule has 0 saturated heterocycles. The lowest BCUT2D eigenvalue weighted by molar-refractivity contribution is 0.330. The van der Waals surface area contributed by atoms with Crippen LogP contribution in [0.1, 0.15) is 28.5 Å². The van der Waals surface area contributed by atoms with E-state index < -0.39 is 0 Å². The molecule has 0 aliphatic carbocycles. The van der Waals surface area contributed by atoms with Gasteiger partial charge in [-0.05, 0) is 51.5 Å². The number of nitrogens with zero attached hydrogens (tertiary/aromatic N) is 4. The van der Waals surface area contributed by atoms with Crippen LogP contribution in [0.25, 0.3) is 10.9 Å². The summed E-state index contributed by atoms with van der Waals surface area (Å²) in [6.45, 7) is 9.23. The molecule has 4 aromatic rings. The van der Waals surface area contributed by atoms with Gasteiger partial charge in [-0.1, -0.05) is 29.8 Å². The Kier molecular flexibility index (Phi) is 6.16. The number of fused-ring (bicyclic) bond motifs is 1. The number of para-hydroxylation sites is 1. The van der Waals surface area contributed by atoms with Crippen molar-refractivity contribution in [1.82, 2.24) is 19.5 Å². The van der Waals surface area contributed by atoms with Crippen LogP contribution in [0.3, 0.4) is 0 Å². The van der Waals surface area contributed by atoms with Gasteiger partial charge in [0.15, 0.2) is 0 Å². The lowest BCUT2D eigenvalue weighted by atomic mass is 10.1. The maximum Gasteiger partial charge on any atom is 0.261 e. The van der Waals surface area contributed by atoms with Gasteiger partial charge in [-0.2, -0.15) is 0 Å². The third kappa shape index (κ3) is 4.77. The first-order chi connectivity index (χ1) is 15.4. The third-order valence-corrected chi connectivity index (χ3v) is 5.26. The van der Waals surface area contributed by atoms with Crippen molar-refractivity contribution in [3.63, 3.8) is 0 Å². The molecule has 2 aromatic heterocycles. The maximum absolute atomic E-state index is 13.0. The first kappa shape index (κ1) is 21.5.